The fourth-order valence-corrected chi connectivity index (χ4v) is 4.62. The molecule has 1 fully saturated rings. The Morgan fingerprint density at radius 2 is 1.64 bits per heavy atom. The average molecular weight is 485 g/mol. The van der Waals surface area contributed by atoms with Gasteiger partial charge in [0.15, 0.2) is 0 Å². The van der Waals surface area contributed by atoms with Gasteiger partial charge in [0, 0.05) is 48.3 Å². The van der Waals surface area contributed by atoms with Crippen LogP contribution in [0.25, 0.3) is 22.4 Å². The van der Waals surface area contributed by atoms with Crippen LogP contribution in [0.15, 0.2) is 48.5 Å². The molecule has 0 bridgehead atoms. The van der Waals surface area contributed by atoms with Gasteiger partial charge < -0.3 is 20.2 Å². The van der Waals surface area contributed by atoms with Crippen molar-refractivity contribution in [2.45, 2.75) is 13.3 Å². The van der Waals surface area contributed by atoms with E-state index in [2.05, 4.69) is 22.2 Å². The van der Waals surface area contributed by atoms with Crippen molar-refractivity contribution >= 4 is 29.0 Å². The molecule has 3 aromatic rings. The summed E-state index contributed by atoms with van der Waals surface area (Å²) >= 11 is 12.5. The van der Waals surface area contributed by atoms with Crippen molar-refractivity contribution in [2.75, 3.05) is 51.6 Å². The minimum atomic E-state index is 0.204. The molecule has 1 aromatic heterocycles. The Morgan fingerprint density at radius 3 is 2.36 bits per heavy atom. The second-order valence-electron chi connectivity index (χ2n) is 8.73. The van der Waals surface area contributed by atoms with Gasteiger partial charge >= 0.3 is 0 Å². The largest absolute Gasteiger partial charge is 0.507 e. The van der Waals surface area contributed by atoms with Crippen LogP contribution >= 0.6 is 23.2 Å². The molecule has 0 spiro atoms. The summed E-state index contributed by atoms with van der Waals surface area (Å²) in [4.78, 5) is 9.69. The van der Waals surface area contributed by atoms with Gasteiger partial charge in [-0.3, -0.25) is 0 Å². The third kappa shape index (κ3) is 6.39. The van der Waals surface area contributed by atoms with Crippen LogP contribution in [0.2, 0.25) is 10.0 Å². The Hall–Kier alpha value is -2.31. The van der Waals surface area contributed by atoms with Gasteiger partial charge in [0.25, 0.3) is 0 Å². The molecule has 0 aliphatic carbocycles. The van der Waals surface area contributed by atoms with Crippen molar-refractivity contribution in [3.63, 3.8) is 0 Å². The van der Waals surface area contributed by atoms with E-state index in [-0.39, 0.29) is 5.75 Å². The number of halogens is 2. The number of aromatic nitrogens is 1. The average Bonchev–Trinajstić information content (AvgIpc) is 2.79. The van der Waals surface area contributed by atoms with Crippen molar-refractivity contribution < 1.29 is 5.11 Å². The Balaban J connectivity index is 1.57. The van der Waals surface area contributed by atoms with Crippen LogP contribution < -0.4 is 5.32 Å². The molecule has 4 rings (SSSR count). The van der Waals surface area contributed by atoms with Crippen molar-refractivity contribution in [3.8, 4) is 28.1 Å². The molecule has 1 aliphatic heterocycles. The molecule has 2 heterocycles. The molecule has 5 nitrogen and oxygen atoms in total. The van der Waals surface area contributed by atoms with Crippen LogP contribution in [-0.4, -0.2) is 66.2 Å². The van der Waals surface area contributed by atoms with Crippen LogP contribution in [0.1, 0.15) is 12.0 Å². The Morgan fingerprint density at radius 1 is 0.939 bits per heavy atom. The zero-order valence-electron chi connectivity index (χ0n) is 19.1. The monoisotopic (exact) mass is 484 g/mol. The molecule has 1 saturated heterocycles. The predicted molar refractivity (Wildman–Crippen MR) is 139 cm³/mol. The predicted octanol–water partition coefficient (Wildman–Crippen LogP) is 5.79. The van der Waals surface area contributed by atoms with E-state index in [1.807, 2.05) is 43.3 Å². The summed E-state index contributed by atoms with van der Waals surface area (Å²) in [5.74, 6) is 0.966. The molecule has 7 heteroatoms. The number of piperazine rings is 1. The quantitative estimate of drug-likeness (QED) is 0.415. The molecule has 0 atom stereocenters. The Labute approximate surface area is 206 Å². The van der Waals surface area contributed by atoms with E-state index in [0.29, 0.717) is 21.3 Å². The lowest BCUT2D eigenvalue weighted by molar-refractivity contribution is 0.154. The highest BCUT2D eigenvalue weighted by Crippen LogP contribution is 2.34. The van der Waals surface area contributed by atoms with Crippen molar-refractivity contribution in [1.29, 1.82) is 0 Å². The minimum absolute atomic E-state index is 0.204. The van der Waals surface area contributed by atoms with Crippen molar-refractivity contribution in [2.24, 2.45) is 0 Å². The SMILES string of the molecule is Cc1ccc(O)c(-c2cc(-c3cc(Cl)cc(Cl)c3)cc(NCCCN3CCN(C)CC3)n2)c1. The third-order valence-electron chi connectivity index (χ3n) is 6.00. The molecular formula is C26H30Cl2N4O. The van der Waals surface area contributed by atoms with Crippen molar-refractivity contribution in [1.82, 2.24) is 14.8 Å². The molecule has 33 heavy (non-hydrogen) atoms. The van der Waals surface area contributed by atoms with E-state index in [4.69, 9.17) is 28.2 Å². The lowest BCUT2D eigenvalue weighted by Crippen LogP contribution is -2.44. The highest BCUT2D eigenvalue weighted by Gasteiger charge is 2.14. The van der Waals surface area contributed by atoms with Gasteiger partial charge in [-0.05, 0) is 80.5 Å². The van der Waals surface area contributed by atoms with Gasteiger partial charge in [-0.2, -0.15) is 0 Å². The molecular weight excluding hydrogens is 455 g/mol. The van der Waals surface area contributed by atoms with E-state index in [1.165, 1.54) is 0 Å². The summed E-state index contributed by atoms with van der Waals surface area (Å²) in [5.41, 5.74) is 4.30. The number of hydrogen-bond donors (Lipinski definition) is 2. The van der Waals surface area contributed by atoms with Crippen molar-refractivity contribution in [3.05, 3.63) is 64.1 Å². The molecule has 0 radical (unpaired) electrons. The number of rotatable bonds is 7. The Kier molecular flexibility index (Phi) is 7.76. The number of nitrogens with zero attached hydrogens (tertiary/aromatic N) is 3. The first-order valence-corrected chi connectivity index (χ1v) is 12.1. The summed E-state index contributed by atoms with van der Waals surface area (Å²) in [6, 6.07) is 15.0. The number of likely N-dealkylation sites (N-methyl/N-ethyl adjacent to an activating group) is 1. The van der Waals surface area contributed by atoms with Gasteiger partial charge in [-0.25, -0.2) is 4.98 Å². The number of pyridine rings is 1. The maximum absolute atomic E-state index is 10.5. The number of aromatic hydroxyl groups is 1. The zero-order valence-corrected chi connectivity index (χ0v) is 20.6. The number of anilines is 1. The smallest absolute Gasteiger partial charge is 0.127 e. The molecule has 0 saturated carbocycles. The molecule has 0 amide bonds. The van der Waals surface area contributed by atoms with E-state index < -0.39 is 0 Å². The van der Waals surface area contributed by atoms with Crippen LogP contribution in [-0.2, 0) is 0 Å². The van der Waals surface area contributed by atoms with E-state index >= 15 is 0 Å². The van der Waals surface area contributed by atoms with Gasteiger partial charge in [0.2, 0.25) is 0 Å². The fraction of sp³-hybridized carbons (Fsp3) is 0.346. The third-order valence-corrected chi connectivity index (χ3v) is 6.44. The normalized spacial score (nSPS) is 15.0. The fourth-order valence-electron chi connectivity index (χ4n) is 4.09. The zero-order chi connectivity index (χ0) is 23.4. The lowest BCUT2D eigenvalue weighted by atomic mass is 10.0. The first-order valence-electron chi connectivity index (χ1n) is 11.3. The van der Waals surface area contributed by atoms with Gasteiger partial charge in [-0.1, -0.05) is 34.8 Å². The number of benzene rings is 2. The number of phenols is 1. The van der Waals surface area contributed by atoms with E-state index in [9.17, 15) is 5.11 Å². The molecule has 0 unspecified atom stereocenters. The number of aryl methyl sites for hydroxylation is 1. The summed E-state index contributed by atoms with van der Waals surface area (Å²) in [6.07, 6.45) is 1.03. The lowest BCUT2D eigenvalue weighted by Gasteiger charge is -2.32. The minimum Gasteiger partial charge on any atom is -0.507 e. The Bertz CT molecular complexity index is 1090. The van der Waals surface area contributed by atoms with Gasteiger partial charge in [-0.15, -0.1) is 0 Å². The number of phenolic OH excluding ortho intramolecular Hbond substituents is 1. The molecule has 174 valence electrons. The number of nitrogens with one attached hydrogen (secondary N) is 1. The van der Waals surface area contributed by atoms with E-state index in [0.717, 1.165) is 68.2 Å². The summed E-state index contributed by atoms with van der Waals surface area (Å²) in [7, 11) is 2.17. The van der Waals surface area contributed by atoms with Crippen LogP contribution in [0, 0.1) is 6.92 Å². The first-order chi connectivity index (χ1) is 15.9. The summed E-state index contributed by atoms with van der Waals surface area (Å²) < 4.78 is 0. The standard InChI is InChI=1S/C26H30Cl2N4O/c1-18-4-5-25(33)23(12-18)24-15-20(19-13-21(27)17-22(28)14-19)16-26(30-24)29-6-3-7-32-10-8-31(2)9-11-32/h4-5,12-17,33H,3,6-11H2,1-2H3,(H,29,30). The highest BCUT2D eigenvalue weighted by molar-refractivity contribution is 6.35. The van der Waals surface area contributed by atoms with Crippen LogP contribution in [0.4, 0.5) is 5.82 Å². The number of hydrogen-bond acceptors (Lipinski definition) is 5. The summed E-state index contributed by atoms with van der Waals surface area (Å²) in [6.45, 7) is 8.38. The van der Waals surface area contributed by atoms with Gasteiger partial charge in [0.1, 0.15) is 11.6 Å². The summed E-state index contributed by atoms with van der Waals surface area (Å²) in [5, 5.41) is 15.1. The van der Waals surface area contributed by atoms with Gasteiger partial charge in [0.05, 0.1) is 5.69 Å². The molecule has 2 aromatic carbocycles. The molecule has 1 aliphatic rings. The second-order valence-corrected chi connectivity index (χ2v) is 9.60. The van der Waals surface area contributed by atoms with E-state index in [1.54, 1.807) is 12.1 Å². The first kappa shape index (κ1) is 23.8. The maximum atomic E-state index is 10.5. The molecule has 2 N–H and O–H groups in total. The second kappa shape index (κ2) is 10.7. The maximum Gasteiger partial charge on any atom is 0.127 e. The topological polar surface area (TPSA) is 51.6 Å². The highest BCUT2D eigenvalue weighted by atomic mass is 35.5. The van der Waals surface area contributed by atoms with Crippen LogP contribution in [0.3, 0.4) is 0 Å². The van der Waals surface area contributed by atoms with Crippen LogP contribution in [0.5, 0.6) is 5.75 Å².